The number of carbonyl (C=O) groups excluding carboxylic acids is 1. The molecule has 0 fully saturated rings. The predicted octanol–water partition coefficient (Wildman–Crippen LogP) is 3.66. The van der Waals surface area contributed by atoms with Gasteiger partial charge in [-0.25, -0.2) is 0 Å². The van der Waals surface area contributed by atoms with Crippen LogP contribution in [0.1, 0.15) is 41.6 Å². The fourth-order valence-corrected chi connectivity index (χ4v) is 4.34. The fourth-order valence-electron chi connectivity index (χ4n) is 3.35. The lowest BCUT2D eigenvalue weighted by Gasteiger charge is -2.23. The maximum Gasteiger partial charge on any atom is 0.235 e. The number of aromatic nitrogens is 3. The minimum Gasteiger partial charge on any atom is -0.368 e. The van der Waals surface area contributed by atoms with E-state index in [0.29, 0.717) is 11.7 Å². The largest absolute Gasteiger partial charge is 0.368 e. The second kappa shape index (κ2) is 9.71. The molecule has 0 aliphatic carbocycles. The first-order valence-corrected chi connectivity index (χ1v) is 10.5. The number of primary amides is 1. The summed E-state index contributed by atoms with van der Waals surface area (Å²) < 4.78 is 2.10. The van der Waals surface area contributed by atoms with Crippen molar-refractivity contribution in [3.05, 3.63) is 77.6 Å². The Balaban J connectivity index is 2.01. The Morgan fingerprint density at radius 1 is 1.07 bits per heavy atom. The molecule has 2 unspecified atom stereocenters. The van der Waals surface area contributed by atoms with E-state index in [4.69, 9.17) is 5.73 Å². The van der Waals surface area contributed by atoms with Crippen LogP contribution in [0.25, 0.3) is 0 Å². The normalized spacial score (nSPS) is 13.4. The molecular formula is C22H27N5OS. The maximum atomic E-state index is 12.2. The third-order valence-electron chi connectivity index (χ3n) is 4.82. The van der Waals surface area contributed by atoms with Crippen LogP contribution in [0, 0.1) is 0 Å². The van der Waals surface area contributed by atoms with Crippen molar-refractivity contribution >= 4 is 17.7 Å². The summed E-state index contributed by atoms with van der Waals surface area (Å²) in [5.74, 6) is 0.497. The van der Waals surface area contributed by atoms with Gasteiger partial charge in [-0.05, 0) is 31.6 Å². The summed E-state index contributed by atoms with van der Waals surface area (Å²) in [6, 6.07) is 19.9. The second-order valence-corrected chi connectivity index (χ2v) is 8.18. The van der Waals surface area contributed by atoms with Crippen LogP contribution in [0.15, 0.2) is 65.8 Å². The van der Waals surface area contributed by atoms with Gasteiger partial charge in [0.1, 0.15) is 5.25 Å². The Bertz CT molecular complexity index is 927. The van der Waals surface area contributed by atoms with Gasteiger partial charge in [0.15, 0.2) is 11.0 Å². The summed E-state index contributed by atoms with van der Waals surface area (Å²) in [5, 5.41) is 9.13. The molecule has 1 aromatic heterocycles. The monoisotopic (exact) mass is 409 g/mol. The highest BCUT2D eigenvalue weighted by Crippen LogP contribution is 2.36. The summed E-state index contributed by atoms with van der Waals surface area (Å²) in [6.07, 6.45) is 0.905. The van der Waals surface area contributed by atoms with Crippen molar-refractivity contribution in [2.24, 2.45) is 5.73 Å². The van der Waals surface area contributed by atoms with Gasteiger partial charge in [0.25, 0.3) is 0 Å². The number of benzene rings is 2. The molecule has 1 heterocycles. The smallest absolute Gasteiger partial charge is 0.235 e. The van der Waals surface area contributed by atoms with E-state index < -0.39 is 11.2 Å². The Labute approximate surface area is 176 Å². The van der Waals surface area contributed by atoms with E-state index in [-0.39, 0.29) is 6.04 Å². The van der Waals surface area contributed by atoms with Crippen LogP contribution in [-0.2, 0) is 11.3 Å². The quantitative estimate of drug-likeness (QED) is 0.546. The predicted molar refractivity (Wildman–Crippen MR) is 117 cm³/mol. The molecule has 0 aliphatic rings. The molecule has 0 spiro atoms. The first-order chi connectivity index (χ1) is 14.0. The van der Waals surface area contributed by atoms with E-state index in [0.717, 1.165) is 23.4 Å². The van der Waals surface area contributed by atoms with Crippen molar-refractivity contribution in [3.63, 3.8) is 0 Å². The van der Waals surface area contributed by atoms with Crippen LogP contribution in [0.2, 0.25) is 0 Å². The van der Waals surface area contributed by atoms with Crippen molar-refractivity contribution in [2.45, 2.75) is 36.3 Å². The molecule has 6 nitrogen and oxygen atoms in total. The van der Waals surface area contributed by atoms with Crippen LogP contribution in [0.5, 0.6) is 0 Å². The van der Waals surface area contributed by atoms with Gasteiger partial charge < -0.3 is 10.3 Å². The molecule has 3 aromatic rings. The first kappa shape index (κ1) is 21.1. The van der Waals surface area contributed by atoms with Crippen LogP contribution in [0.4, 0.5) is 0 Å². The molecule has 29 heavy (non-hydrogen) atoms. The van der Waals surface area contributed by atoms with Gasteiger partial charge in [-0.1, -0.05) is 79.3 Å². The molecule has 2 N–H and O–H groups in total. The third kappa shape index (κ3) is 5.05. The first-order valence-electron chi connectivity index (χ1n) is 9.65. The van der Waals surface area contributed by atoms with Gasteiger partial charge in [-0.3, -0.25) is 9.69 Å². The highest BCUT2D eigenvalue weighted by atomic mass is 32.2. The zero-order valence-corrected chi connectivity index (χ0v) is 17.8. The number of hydrogen-bond acceptors (Lipinski definition) is 5. The number of carbonyl (C=O) groups is 1. The van der Waals surface area contributed by atoms with Crippen molar-refractivity contribution < 1.29 is 4.79 Å². The Hall–Kier alpha value is -2.64. The SMILES string of the molecule is CCC(c1nnc(SC(C(N)=O)c2ccccc2)n1Cc1ccccc1)N(C)C. The van der Waals surface area contributed by atoms with Crippen molar-refractivity contribution in [1.29, 1.82) is 0 Å². The van der Waals surface area contributed by atoms with Crippen molar-refractivity contribution in [3.8, 4) is 0 Å². The van der Waals surface area contributed by atoms with E-state index in [9.17, 15) is 4.79 Å². The zero-order chi connectivity index (χ0) is 20.8. The Kier molecular flexibility index (Phi) is 7.06. The average Bonchev–Trinajstić information content (AvgIpc) is 3.09. The number of thioether (sulfide) groups is 1. The molecule has 2 aromatic carbocycles. The molecule has 0 aliphatic heterocycles. The molecule has 1 amide bonds. The Morgan fingerprint density at radius 3 is 2.24 bits per heavy atom. The van der Waals surface area contributed by atoms with Crippen LogP contribution in [-0.4, -0.2) is 39.7 Å². The lowest BCUT2D eigenvalue weighted by Crippen LogP contribution is -2.24. The highest BCUT2D eigenvalue weighted by Gasteiger charge is 2.26. The van der Waals surface area contributed by atoms with Gasteiger partial charge in [0.2, 0.25) is 5.91 Å². The van der Waals surface area contributed by atoms with Crippen LogP contribution < -0.4 is 5.73 Å². The lowest BCUT2D eigenvalue weighted by molar-refractivity contribution is -0.117. The van der Waals surface area contributed by atoms with Gasteiger partial charge in [0.05, 0.1) is 12.6 Å². The number of rotatable bonds is 9. The summed E-state index contributed by atoms with van der Waals surface area (Å²) >= 11 is 1.35. The summed E-state index contributed by atoms with van der Waals surface area (Å²) in [7, 11) is 4.08. The van der Waals surface area contributed by atoms with E-state index in [1.54, 1.807) is 0 Å². The number of hydrogen-bond donors (Lipinski definition) is 1. The second-order valence-electron chi connectivity index (χ2n) is 7.11. The molecule has 7 heteroatoms. The summed E-state index contributed by atoms with van der Waals surface area (Å²) in [4.78, 5) is 14.4. The molecule has 152 valence electrons. The average molecular weight is 410 g/mol. The molecular weight excluding hydrogens is 382 g/mol. The third-order valence-corrected chi connectivity index (χ3v) is 6.07. The Morgan fingerprint density at radius 2 is 1.69 bits per heavy atom. The molecule has 0 bridgehead atoms. The van der Waals surface area contributed by atoms with Gasteiger partial charge in [-0.15, -0.1) is 10.2 Å². The van der Waals surface area contributed by atoms with E-state index in [2.05, 4.69) is 38.7 Å². The number of nitrogens with two attached hydrogens (primary N) is 1. The van der Waals surface area contributed by atoms with E-state index >= 15 is 0 Å². The van der Waals surface area contributed by atoms with Gasteiger partial charge >= 0.3 is 0 Å². The highest BCUT2D eigenvalue weighted by molar-refractivity contribution is 8.00. The van der Waals surface area contributed by atoms with Crippen molar-refractivity contribution in [1.82, 2.24) is 19.7 Å². The molecule has 2 atom stereocenters. The van der Waals surface area contributed by atoms with Gasteiger partial charge in [0, 0.05) is 0 Å². The minimum atomic E-state index is -0.526. The molecule has 0 saturated heterocycles. The lowest BCUT2D eigenvalue weighted by atomic mass is 10.1. The summed E-state index contributed by atoms with van der Waals surface area (Å²) in [6.45, 7) is 2.77. The van der Waals surface area contributed by atoms with Crippen molar-refractivity contribution in [2.75, 3.05) is 14.1 Å². The maximum absolute atomic E-state index is 12.2. The summed E-state index contributed by atoms with van der Waals surface area (Å²) in [5.41, 5.74) is 7.75. The number of amides is 1. The van der Waals surface area contributed by atoms with E-state index in [1.807, 2.05) is 62.6 Å². The molecule has 3 rings (SSSR count). The molecule has 0 saturated carbocycles. The van der Waals surface area contributed by atoms with Gasteiger partial charge in [-0.2, -0.15) is 0 Å². The standard InChI is InChI=1S/C22H27N5OS/c1-4-18(26(2)3)21-24-25-22(27(21)15-16-11-7-5-8-12-16)29-19(20(23)28)17-13-9-6-10-14-17/h5-14,18-19H,4,15H2,1-3H3,(H2,23,28). The zero-order valence-electron chi connectivity index (χ0n) is 17.0. The molecule has 0 radical (unpaired) electrons. The fraction of sp³-hybridized carbons (Fsp3) is 0.318. The number of nitrogens with zero attached hydrogens (tertiary/aromatic N) is 4. The van der Waals surface area contributed by atoms with E-state index in [1.165, 1.54) is 11.8 Å². The van der Waals surface area contributed by atoms with Crippen LogP contribution in [0.3, 0.4) is 0 Å². The minimum absolute atomic E-state index is 0.129. The topological polar surface area (TPSA) is 77.0 Å². The van der Waals surface area contributed by atoms with Crippen LogP contribution >= 0.6 is 11.8 Å².